The van der Waals surface area contributed by atoms with Crippen LogP contribution in [0.5, 0.6) is 0 Å². The van der Waals surface area contributed by atoms with Crippen molar-refractivity contribution in [2.45, 2.75) is 52.2 Å². The van der Waals surface area contributed by atoms with Crippen LogP contribution in [0.1, 0.15) is 40.5 Å². The van der Waals surface area contributed by atoms with Gasteiger partial charge >= 0.3 is 0 Å². The molecule has 0 bridgehead atoms. The molecule has 0 spiro atoms. The first-order valence-electron chi connectivity index (χ1n) is 4.92. The molecule has 0 N–H and O–H groups in total. The zero-order valence-electron chi connectivity index (χ0n) is 9.00. The fourth-order valence-corrected chi connectivity index (χ4v) is 1.65. The van der Waals surface area contributed by atoms with E-state index >= 15 is 0 Å². The molecule has 0 aromatic heterocycles. The van der Waals surface area contributed by atoms with Crippen LogP contribution in [0.2, 0.25) is 0 Å². The van der Waals surface area contributed by atoms with Gasteiger partial charge in [-0.05, 0) is 33.3 Å². The lowest BCUT2D eigenvalue weighted by Gasteiger charge is -2.30. The van der Waals surface area contributed by atoms with Gasteiger partial charge in [0, 0.05) is 12.6 Å². The molecule has 74 valence electrons. The van der Waals surface area contributed by atoms with E-state index in [4.69, 9.17) is 4.74 Å². The average Bonchev–Trinajstić information content (AvgIpc) is 1.98. The lowest BCUT2D eigenvalue weighted by Crippen LogP contribution is -2.29. The van der Waals surface area contributed by atoms with Crippen LogP contribution in [0, 0.1) is 0 Å². The fourth-order valence-electron chi connectivity index (χ4n) is 1.65. The third-order valence-corrected chi connectivity index (χ3v) is 2.24. The van der Waals surface area contributed by atoms with Crippen molar-refractivity contribution in [2.24, 2.45) is 4.99 Å². The van der Waals surface area contributed by atoms with Crippen LogP contribution in [0.15, 0.2) is 16.8 Å². The minimum atomic E-state index is -0.0843. The van der Waals surface area contributed by atoms with Gasteiger partial charge in [-0.1, -0.05) is 6.92 Å². The Bertz CT molecular complexity index is 228. The van der Waals surface area contributed by atoms with Crippen LogP contribution in [0.4, 0.5) is 0 Å². The predicted molar refractivity (Wildman–Crippen MR) is 56.1 cm³/mol. The van der Waals surface area contributed by atoms with Crippen LogP contribution in [-0.2, 0) is 4.74 Å². The van der Waals surface area contributed by atoms with E-state index in [-0.39, 0.29) is 5.60 Å². The molecule has 1 atom stereocenters. The minimum Gasteiger partial charge on any atom is -0.492 e. The zero-order chi connectivity index (χ0) is 9.90. The second-order valence-corrected chi connectivity index (χ2v) is 4.20. The number of hydrogen-bond donors (Lipinski definition) is 0. The molecule has 1 heterocycles. The van der Waals surface area contributed by atoms with Gasteiger partial charge in [0.25, 0.3) is 0 Å². The molecule has 0 amide bonds. The summed E-state index contributed by atoms with van der Waals surface area (Å²) in [5.41, 5.74) is -0.0843. The quantitative estimate of drug-likeness (QED) is 0.609. The maximum Gasteiger partial charge on any atom is 0.105 e. The van der Waals surface area contributed by atoms with Crippen LogP contribution in [0.25, 0.3) is 0 Å². The SMILES string of the molecule is CCC1CC(C)(C)O/C(C)=C/C=N1. The Balaban J connectivity index is 2.78. The van der Waals surface area contributed by atoms with E-state index < -0.39 is 0 Å². The van der Waals surface area contributed by atoms with Crippen molar-refractivity contribution >= 4 is 6.21 Å². The molecule has 0 fully saturated rings. The van der Waals surface area contributed by atoms with E-state index in [0.717, 1.165) is 18.6 Å². The first-order valence-corrected chi connectivity index (χ1v) is 4.92. The lowest BCUT2D eigenvalue weighted by molar-refractivity contribution is 0.0221. The Labute approximate surface area is 80.7 Å². The standard InChI is InChI=1S/C11H19NO/c1-5-10-8-11(3,4)13-9(2)6-7-12-10/h6-7,10H,5,8H2,1-4H3/b9-6+,12-7?. The van der Waals surface area contributed by atoms with Crippen molar-refractivity contribution in [2.75, 3.05) is 0 Å². The highest BCUT2D eigenvalue weighted by Gasteiger charge is 2.24. The molecule has 1 unspecified atom stereocenters. The maximum atomic E-state index is 5.78. The van der Waals surface area contributed by atoms with Crippen LogP contribution in [0.3, 0.4) is 0 Å². The molecule has 2 nitrogen and oxygen atoms in total. The molecule has 1 aliphatic heterocycles. The highest BCUT2D eigenvalue weighted by molar-refractivity contribution is 5.71. The van der Waals surface area contributed by atoms with Crippen molar-refractivity contribution in [3.63, 3.8) is 0 Å². The summed E-state index contributed by atoms with van der Waals surface area (Å²) in [6.45, 7) is 8.37. The summed E-state index contributed by atoms with van der Waals surface area (Å²) in [7, 11) is 0. The monoisotopic (exact) mass is 181 g/mol. The molecule has 0 saturated heterocycles. The number of ether oxygens (including phenoxy) is 1. The molecule has 0 saturated carbocycles. The lowest BCUT2D eigenvalue weighted by atomic mass is 9.97. The second-order valence-electron chi connectivity index (χ2n) is 4.20. The molecular weight excluding hydrogens is 162 g/mol. The van der Waals surface area contributed by atoms with Gasteiger partial charge in [-0.15, -0.1) is 0 Å². The fraction of sp³-hybridized carbons (Fsp3) is 0.727. The summed E-state index contributed by atoms with van der Waals surface area (Å²) in [5.74, 6) is 0.948. The Morgan fingerprint density at radius 3 is 2.92 bits per heavy atom. The van der Waals surface area contributed by atoms with Crippen molar-refractivity contribution in [3.05, 3.63) is 11.8 Å². The Hall–Kier alpha value is -0.790. The second kappa shape index (κ2) is 3.95. The Morgan fingerprint density at radius 1 is 1.62 bits per heavy atom. The van der Waals surface area contributed by atoms with Gasteiger partial charge in [-0.3, -0.25) is 4.99 Å². The predicted octanol–water partition coefficient (Wildman–Crippen LogP) is 2.94. The third kappa shape index (κ3) is 3.21. The highest BCUT2D eigenvalue weighted by Crippen LogP contribution is 2.24. The van der Waals surface area contributed by atoms with Crippen LogP contribution >= 0.6 is 0 Å². The molecule has 0 radical (unpaired) electrons. The first-order chi connectivity index (χ1) is 6.03. The van der Waals surface area contributed by atoms with Crippen molar-refractivity contribution in [3.8, 4) is 0 Å². The highest BCUT2D eigenvalue weighted by atomic mass is 16.5. The van der Waals surface area contributed by atoms with Crippen LogP contribution in [-0.4, -0.2) is 17.9 Å². The minimum absolute atomic E-state index is 0.0843. The Kier molecular flexibility index (Phi) is 3.12. The van der Waals surface area contributed by atoms with Gasteiger partial charge in [-0.2, -0.15) is 0 Å². The van der Waals surface area contributed by atoms with Crippen molar-refractivity contribution < 1.29 is 4.74 Å². The largest absolute Gasteiger partial charge is 0.492 e. The van der Waals surface area contributed by atoms with Crippen LogP contribution < -0.4 is 0 Å². The number of rotatable bonds is 1. The molecule has 13 heavy (non-hydrogen) atoms. The van der Waals surface area contributed by atoms with Gasteiger partial charge in [0.05, 0.1) is 11.8 Å². The zero-order valence-corrected chi connectivity index (χ0v) is 9.00. The van der Waals surface area contributed by atoms with Gasteiger partial charge in [0.2, 0.25) is 0 Å². The summed E-state index contributed by atoms with van der Waals surface area (Å²) in [5, 5.41) is 0. The number of hydrogen-bond acceptors (Lipinski definition) is 2. The molecule has 2 heteroatoms. The van der Waals surface area contributed by atoms with E-state index in [1.165, 1.54) is 0 Å². The topological polar surface area (TPSA) is 21.6 Å². The number of nitrogens with zero attached hydrogens (tertiary/aromatic N) is 1. The summed E-state index contributed by atoms with van der Waals surface area (Å²) < 4.78 is 5.78. The summed E-state index contributed by atoms with van der Waals surface area (Å²) in [6.07, 6.45) is 5.86. The molecule has 1 rings (SSSR count). The number of aliphatic imine (C=N–C) groups is 1. The normalized spacial score (nSPS) is 31.1. The molecular formula is C11H19NO. The molecule has 0 aromatic carbocycles. The molecule has 0 aliphatic carbocycles. The van der Waals surface area contributed by atoms with Crippen molar-refractivity contribution in [1.82, 2.24) is 0 Å². The van der Waals surface area contributed by atoms with Crippen molar-refractivity contribution in [1.29, 1.82) is 0 Å². The van der Waals surface area contributed by atoms with Gasteiger partial charge < -0.3 is 4.74 Å². The van der Waals surface area contributed by atoms with E-state index in [2.05, 4.69) is 25.8 Å². The van der Waals surface area contributed by atoms with Gasteiger partial charge in [-0.25, -0.2) is 0 Å². The van der Waals surface area contributed by atoms with E-state index in [9.17, 15) is 0 Å². The molecule has 1 aliphatic rings. The average molecular weight is 181 g/mol. The molecule has 0 aromatic rings. The number of allylic oxidation sites excluding steroid dienone is 2. The van der Waals surface area contributed by atoms with E-state index in [1.807, 2.05) is 19.2 Å². The van der Waals surface area contributed by atoms with Gasteiger partial charge in [0.1, 0.15) is 5.60 Å². The summed E-state index contributed by atoms with van der Waals surface area (Å²) in [6, 6.07) is 0.402. The van der Waals surface area contributed by atoms with Gasteiger partial charge in [0.15, 0.2) is 0 Å². The third-order valence-electron chi connectivity index (χ3n) is 2.24. The summed E-state index contributed by atoms with van der Waals surface area (Å²) in [4.78, 5) is 4.47. The smallest absolute Gasteiger partial charge is 0.105 e. The Morgan fingerprint density at radius 2 is 2.31 bits per heavy atom. The van der Waals surface area contributed by atoms with E-state index in [1.54, 1.807) is 0 Å². The maximum absolute atomic E-state index is 5.78. The summed E-state index contributed by atoms with van der Waals surface area (Å²) >= 11 is 0. The van der Waals surface area contributed by atoms with E-state index in [0.29, 0.717) is 6.04 Å². The first kappa shape index (κ1) is 10.3.